The van der Waals surface area contributed by atoms with E-state index in [1.165, 1.54) is 0 Å². The van der Waals surface area contributed by atoms with E-state index in [-0.39, 0.29) is 0 Å². The topological polar surface area (TPSA) is 36.1 Å². The molecule has 0 radical (unpaired) electrons. The van der Waals surface area contributed by atoms with E-state index in [9.17, 15) is 0 Å². The zero-order valence-corrected chi connectivity index (χ0v) is 8.47. The van der Waals surface area contributed by atoms with E-state index in [0.717, 1.165) is 26.2 Å². The van der Waals surface area contributed by atoms with E-state index >= 15 is 0 Å². The van der Waals surface area contributed by atoms with Crippen LogP contribution in [0.2, 0.25) is 0 Å². The molecule has 0 aliphatic rings. The second kappa shape index (κ2) is 9.45. The van der Waals surface area contributed by atoms with Crippen LogP contribution in [0.4, 0.5) is 0 Å². The summed E-state index contributed by atoms with van der Waals surface area (Å²) in [5.74, 6) is 0. The van der Waals surface area contributed by atoms with Crippen molar-refractivity contribution in [3.8, 4) is 0 Å². The predicted molar refractivity (Wildman–Crippen MR) is 58.7 cm³/mol. The van der Waals surface area contributed by atoms with Gasteiger partial charge >= 0.3 is 0 Å². The molecule has 0 aromatic heterocycles. The van der Waals surface area contributed by atoms with E-state index < -0.39 is 0 Å². The maximum Gasteiger partial charge on any atom is 0.0545 e. The normalized spacial score (nSPS) is 12.4. The Morgan fingerprint density at radius 3 is 2.38 bits per heavy atom. The van der Waals surface area contributed by atoms with E-state index in [1.807, 2.05) is 12.2 Å². The van der Waals surface area contributed by atoms with Crippen LogP contribution in [-0.4, -0.2) is 32.3 Å². The minimum atomic E-state index is 0.337. The summed E-state index contributed by atoms with van der Waals surface area (Å²) in [7, 11) is 0. The van der Waals surface area contributed by atoms with Crippen molar-refractivity contribution in [3.63, 3.8) is 0 Å². The molecule has 13 heavy (non-hydrogen) atoms. The molecule has 0 aromatic carbocycles. The monoisotopic (exact) mass is 183 g/mol. The Morgan fingerprint density at radius 1 is 1.08 bits per heavy atom. The van der Waals surface area contributed by atoms with Crippen molar-refractivity contribution in [3.05, 3.63) is 25.3 Å². The highest BCUT2D eigenvalue weighted by atomic mass is 15.1. The first-order valence-corrected chi connectivity index (χ1v) is 4.70. The largest absolute Gasteiger partial charge is 0.312 e. The lowest BCUT2D eigenvalue weighted by Gasteiger charge is -2.14. The van der Waals surface area contributed by atoms with Crippen LogP contribution >= 0.6 is 0 Å². The molecule has 0 spiro atoms. The summed E-state index contributed by atoms with van der Waals surface area (Å²) in [6.45, 7) is 13.0. The number of hydrogen-bond acceptors (Lipinski definition) is 3. The van der Waals surface area contributed by atoms with Gasteiger partial charge in [-0.1, -0.05) is 12.2 Å². The average molecular weight is 183 g/mol. The highest BCUT2D eigenvalue weighted by Gasteiger charge is 1.95. The van der Waals surface area contributed by atoms with Gasteiger partial charge in [-0.3, -0.25) is 5.32 Å². The molecule has 0 aliphatic carbocycles. The van der Waals surface area contributed by atoms with Gasteiger partial charge in [0.2, 0.25) is 0 Å². The highest BCUT2D eigenvalue weighted by molar-refractivity contribution is 4.73. The van der Waals surface area contributed by atoms with E-state index in [0.29, 0.717) is 6.17 Å². The zero-order valence-electron chi connectivity index (χ0n) is 8.47. The van der Waals surface area contributed by atoms with Gasteiger partial charge in [0, 0.05) is 26.2 Å². The Hall–Kier alpha value is -0.640. The van der Waals surface area contributed by atoms with Gasteiger partial charge in [0.15, 0.2) is 0 Å². The van der Waals surface area contributed by atoms with Crippen LogP contribution in [0, 0.1) is 0 Å². The molecule has 3 N–H and O–H groups in total. The third-order valence-corrected chi connectivity index (χ3v) is 1.61. The fraction of sp³-hybridized carbons (Fsp3) is 0.600. The maximum absolute atomic E-state index is 3.64. The van der Waals surface area contributed by atoms with Crippen LogP contribution in [0.3, 0.4) is 0 Å². The first-order valence-electron chi connectivity index (χ1n) is 4.70. The quantitative estimate of drug-likeness (QED) is 0.276. The van der Waals surface area contributed by atoms with Gasteiger partial charge in [0.05, 0.1) is 6.17 Å². The van der Waals surface area contributed by atoms with Crippen molar-refractivity contribution < 1.29 is 0 Å². The summed E-state index contributed by atoms with van der Waals surface area (Å²) in [4.78, 5) is 0. The third-order valence-electron chi connectivity index (χ3n) is 1.61. The van der Waals surface area contributed by atoms with Crippen molar-refractivity contribution in [1.82, 2.24) is 16.0 Å². The molecule has 0 rings (SSSR count). The van der Waals surface area contributed by atoms with Crippen molar-refractivity contribution >= 4 is 0 Å². The molecule has 0 saturated carbocycles. The molecular formula is C10H21N3. The molecule has 76 valence electrons. The lowest BCUT2D eigenvalue weighted by molar-refractivity contribution is 0.470. The molecule has 1 atom stereocenters. The number of rotatable bonds is 9. The smallest absolute Gasteiger partial charge is 0.0545 e. The Bertz CT molecular complexity index is 134. The van der Waals surface area contributed by atoms with Gasteiger partial charge in [0.25, 0.3) is 0 Å². The van der Waals surface area contributed by atoms with Gasteiger partial charge in [-0.15, -0.1) is 13.2 Å². The zero-order chi connectivity index (χ0) is 9.94. The van der Waals surface area contributed by atoms with Gasteiger partial charge in [-0.2, -0.15) is 0 Å². The molecule has 3 heteroatoms. The fourth-order valence-electron chi connectivity index (χ4n) is 0.913. The Labute approximate surface area is 81.3 Å². The first-order chi connectivity index (χ1) is 6.31. The summed E-state index contributed by atoms with van der Waals surface area (Å²) in [6.07, 6.45) is 4.05. The maximum atomic E-state index is 3.64. The fourth-order valence-corrected chi connectivity index (χ4v) is 0.913. The van der Waals surface area contributed by atoms with Gasteiger partial charge in [-0.25, -0.2) is 0 Å². The van der Waals surface area contributed by atoms with Crippen LogP contribution in [0.25, 0.3) is 0 Å². The summed E-state index contributed by atoms with van der Waals surface area (Å²) < 4.78 is 0. The van der Waals surface area contributed by atoms with Crippen molar-refractivity contribution in [2.45, 2.75) is 13.1 Å². The summed E-state index contributed by atoms with van der Waals surface area (Å²) in [5.41, 5.74) is 0. The van der Waals surface area contributed by atoms with Crippen LogP contribution in [0.1, 0.15) is 6.92 Å². The summed E-state index contributed by atoms with van der Waals surface area (Å²) in [5, 5.41) is 9.78. The second-order valence-electron chi connectivity index (χ2n) is 2.87. The minimum absolute atomic E-state index is 0.337. The first kappa shape index (κ1) is 12.4. The highest BCUT2D eigenvalue weighted by Crippen LogP contribution is 1.73. The molecule has 0 unspecified atom stereocenters. The minimum Gasteiger partial charge on any atom is -0.312 e. The molecule has 0 aromatic rings. The number of nitrogens with one attached hydrogen (secondary N) is 3. The predicted octanol–water partition coefficient (Wildman–Crippen LogP) is 0.473. The van der Waals surface area contributed by atoms with Gasteiger partial charge < -0.3 is 10.6 Å². The third kappa shape index (κ3) is 9.27. The Balaban J connectivity index is 3.11. The van der Waals surface area contributed by atoms with E-state index in [4.69, 9.17) is 0 Å². The molecule has 0 aliphatic heterocycles. The molecule has 0 bridgehead atoms. The molecule has 3 nitrogen and oxygen atoms in total. The van der Waals surface area contributed by atoms with E-state index in [1.54, 1.807) is 0 Å². The second-order valence-corrected chi connectivity index (χ2v) is 2.87. The van der Waals surface area contributed by atoms with Crippen LogP contribution in [0.15, 0.2) is 25.3 Å². The van der Waals surface area contributed by atoms with Crippen molar-refractivity contribution in [1.29, 1.82) is 0 Å². The van der Waals surface area contributed by atoms with Gasteiger partial charge in [0.1, 0.15) is 0 Å². The standard InChI is InChI=1S/C10H21N3/c1-4-6-11-8-9-13-10(3)12-7-5-2/h4-5,10-13H,1-2,6-9H2,3H3/t10-/m0/s1. The summed E-state index contributed by atoms with van der Waals surface area (Å²) >= 11 is 0. The molecule has 0 amide bonds. The molecule has 0 heterocycles. The molecular weight excluding hydrogens is 162 g/mol. The van der Waals surface area contributed by atoms with Crippen molar-refractivity contribution in [2.24, 2.45) is 0 Å². The lowest BCUT2D eigenvalue weighted by Crippen LogP contribution is -2.42. The van der Waals surface area contributed by atoms with Crippen molar-refractivity contribution in [2.75, 3.05) is 26.2 Å². The average Bonchev–Trinajstić information content (AvgIpc) is 2.14. The van der Waals surface area contributed by atoms with Gasteiger partial charge in [-0.05, 0) is 6.92 Å². The Kier molecular flexibility index (Phi) is 8.98. The Morgan fingerprint density at radius 2 is 1.77 bits per heavy atom. The molecule has 0 saturated heterocycles. The number of hydrogen-bond donors (Lipinski definition) is 3. The van der Waals surface area contributed by atoms with Crippen LogP contribution in [-0.2, 0) is 0 Å². The summed E-state index contributed by atoms with van der Waals surface area (Å²) in [6, 6.07) is 0. The van der Waals surface area contributed by atoms with E-state index in [2.05, 4.69) is 36.0 Å². The lowest BCUT2D eigenvalue weighted by atomic mass is 10.4. The van der Waals surface area contributed by atoms with Crippen LogP contribution < -0.4 is 16.0 Å². The van der Waals surface area contributed by atoms with Crippen LogP contribution in [0.5, 0.6) is 0 Å². The molecule has 0 fully saturated rings. The SMILES string of the molecule is C=CCNCCN[C@@H](C)NCC=C.